The van der Waals surface area contributed by atoms with Gasteiger partial charge in [-0.25, -0.2) is 9.97 Å². The minimum Gasteiger partial charge on any atom is -0.396 e. The molecule has 5 heteroatoms. The van der Waals surface area contributed by atoms with E-state index in [-0.39, 0.29) is 12.0 Å². The lowest BCUT2D eigenvalue weighted by Crippen LogP contribution is -2.18. The SMILES string of the molecule is CCCNc1cc(SCCCO)nc(C(C)(C)C)n1. The Kier molecular flexibility index (Phi) is 6.58. The van der Waals surface area contributed by atoms with Crippen LogP contribution in [0.3, 0.4) is 0 Å². The minimum absolute atomic E-state index is 0.0593. The lowest BCUT2D eigenvalue weighted by molar-refractivity contribution is 0.296. The molecule has 0 fully saturated rings. The third-order valence-electron chi connectivity index (χ3n) is 2.48. The van der Waals surface area contributed by atoms with Crippen molar-refractivity contribution in [3.05, 3.63) is 11.9 Å². The summed E-state index contributed by atoms with van der Waals surface area (Å²) >= 11 is 1.67. The third-order valence-corrected chi connectivity index (χ3v) is 3.48. The van der Waals surface area contributed by atoms with Gasteiger partial charge in [0.15, 0.2) is 0 Å². The number of rotatable bonds is 7. The number of aliphatic hydroxyl groups excluding tert-OH is 1. The molecule has 4 nitrogen and oxygen atoms in total. The summed E-state index contributed by atoms with van der Waals surface area (Å²) in [5.41, 5.74) is -0.0593. The number of nitrogens with one attached hydrogen (secondary N) is 1. The molecular weight excluding hydrogens is 258 g/mol. The predicted molar refractivity (Wildman–Crippen MR) is 81.9 cm³/mol. The maximum atomic E-state index is 8.84. The van der Waals surface area contributed by atoms with Gasteiger partial charge in [-0.1, -0.05) is 27.7 Å². The Balaban J connectivity index is 2.89. The third kappa shape index (κ3) is 5.78. The van der Waals surface area contributed by atoms with E-state index in [1.54, 1.807) is 11.8 Å². The van der Waals surface area contributed by atoms with Gasteiger partial charge in [0, 0.05) is 30.4 Å². The lowest BCUT2D eigenvalue weighted by atomic mass is 9.96. The Morgan fingerprint density at radius 3 is 2.63 bits per heavy atom. The van der Waals surface area contributed by atoms with Crippen molar-refractivity contribution in [2.24, 2.45) is 0 Å². The Morgan fingerprint density at radius 2 is 2.05 bits per heavy atom. The molecule has 0 atom stereocenters. The number of hydrogen-bond acceptors (Lipinski definition) is 5. The van der Waals surface area contributed by atoms with Crippen molar-refractivity contribution in [1.29, 1.82) is 0 Å². The number of nitrogens with zero attached hydrogens (tertiary/aromatic N) is 2. The van der Waals surface area contributed by atoms with Gasteiger partial charge in [0.2, 0.25) is 0 Å². The molecule has 1 rings (SSSR count). The highest BCUT2D eigenvalue weighted by molar-refractivity contribution is 7.99. The predicted octanol–water partition coefficient (Wildman–Crippen LogP) is 3.07. The van der Waals surface area contributed by atoms with Crippen LogP contribution in [0, 0.1) is 0 Å². The lowest BCUT2D eigenvalue weighted by Gasteiger charge is -2.18. The fourth-order valence-electron chi connectivity index (χ4n) is 1.42. The normalized spacial score (nSPS) is 11.6. The Labute approximate surface area is 120 Å². The quantitative estimate of drug-likeness (QED) is 0.457. The van der Waals surface area contributed by atoms with Crippen molar-refractivity contribution in [3.8, 4) is 0 Å². The zero-order valence-electron chi connectivity index (χ0n) is 12.4. The van der Waals surface area contributed by atoms with Gasteiger partial charge in [-0.15, -0.1) is 11.8 Å². The molecular formula is C14H25N3OS. The molecule has 1 aromatic heterocycles. The van der Waals surface area contributed by atoms with E-state index in [9.17, 15) is 0 Å². The first kappa shape index (κ1) is 16.2. The first-order valence-corrected chi connectivity index (χ1v) is 7.83. The summed E-state index contributed by atoms with van der Waals surface area (Å²) in [4.78, 5) is 9.20. The molecule has 0 aliphatic rings. The van der Waals surface area contributed by atoms with Crippen LogP contribution in [0.5, 0.6) is 0 Å². The van der Waals surface area contributed by atoms with Crippen LogP contribution in [0.2, 0.25) is 0 Å². The van der Waals surface area contributed by atoms with E-state index in [0.717, 1.165) is 41.8 Å². The van der Waals surface area contributed by atoms with E-state index in [4.69, 9.17) is 5.11 Å². The average Bonchev–Trinajstić information content (AvgIpc) is 2.35. The fraction of sp³-hybridized carbons (Fsp3) is 0.714. The van der Waals surface area contributed by atoms with E-state index in [0.29, 0.717) is 0 Å². The van der Waals surface area contributed by atoms with Crippen molar-refractivity contribution in [2.75, 3.05) is 24.2 Å². The Morgan fingerprint density at radius 1 is 1.32 bits per heavy atom. The second-order valence-corrected chi connectivity index (χ2v) is 6.63. The van der Waals surface area contributed by atoms with Gasteiger partial charge >= 0.3 is 0 Å². The average molecular weight is 283 g/mol. The summed E-state index contributed by atoms with van der Waals surface area (Å²) in [6, 6.07) is 1.99. The molecule has 0 bridgehead atoms. The topological polar surface area (TPSA) is 58.0 Å². The summed E-state index contributed by atoms with van der Waals surface area (Å²) < 4.78 is 0. The van der Waals surface area contributed by atoms with Crippen molar-refractivity contribution in [2.45, 2.75) is 51.0 Å². The molecule has 108 valence electrons. The van der Waals surface area contributed by atoms with Crippen molar-refractivity contribution in [1.82, 2.24) is 9.97 Å². The van der Waals surface area contributed by atoms with Gasteiger partial charge < -0.3 is 10.4 Å². The van der Waals surface area contributed by atoms with Crippen LogP contribution in [0.25, 0.3) is 0 Å². The molecule has 1 aromatic rings. The molecule has 0 unspecified atom stereocenters. The maximum Gasteiger partial charge on any atom is 0.137 e. The van der Waals surface area contributed by atoms with E-state index in [2.05, 4.69) is 43.0 Å². The highest BCUT2D eigenvalue weighted by Gasteiger charge is 2.19. The van der Waals surface area contributed by atoms with Gasteiger partial charge in [0.25, 0.3) is 0 Å². The molecule has 1 heterocycles. The Bertz CT molecular complexity index is 391. The smallest absolute Gasteiger partial charge is 0.137 e. The van der Waals surface area contributed by atoms with Crippen LogP contribution >= 0.6 is 11.8 Å². The number of hydrogen-bond donors (Lipinski definition) is 2. The van der Waals surface area contributed by atoms with Crippen LogP contribution in [0.4, 0.5) is 5.82 Å². The summed E-state index contributed by atoms with van der Waals surface area (Å²) in [6.45, 7) is 9.64. The van der Waals surface area contributed by atoms with Crippen LogP contribution in [0.1, 0.15) is 46.4 Å². The monoisotopic (exact) mass is 283 g/mol. The van der Waals surface area contributed by atoms with Gasteiger partial charge in [0.05, 0.1) is 0 Å². The Hall–Kier alpha value is -0.810. The van der Waals surface area contributed by atoms with Gasteiger partial charge in [-0.05, 0) is 12.8 Å². The van der Waals surface area contributed by atoms with E-state index in [1.807, 2.05) is 6.07 Å². The molecule has 0 spiro atoms. The first-order chi connectivity index (χ1) is 8.97. The van der Waals surface area contributed by atoms with Crippen LogP contribution in [-0.2, 0) is 5.41 Å². The highest BCUT2D eigenvalue weighted by atomic mass is 32.2. The minimum atomic E-state index is -0.0593. The van der Waals surface area contributed by atoms with Gasteiger partial charge in [-0.2, -0.15) is 0 Å². The second-order valence-electron chi connectivity index (χ2n) is 5.52. The highest BCUT2D eigenvalue weighted by Crippen LogP contribution is 2.25. The summed E-state index contributed by atoms with van der Waals surface area (Å²) in [5.74, 6) is 2.64. The van der Waals surface area contributed by atoms with Gasteiger partial charge in [0.1, 0.15) is 16.7 Å². The van der Waals surface area contributed by atoms with E-state index in [1.165, 1.54) is 0 Å². The zero-order chi connectivity index (χ0) is 14.3. The van der Waals surface area contributed by atoms with Gasteiger partial charge in [-0.3, -0.25) is 0 Å². The van der Waals surface area contributed by atoms with Crippen molar-refractivity contribution < 1.29 is 5.11 Å². The summed E-state index contributed by atoms with van der Waals surface area (Å²) in [7, 11) is 0. The summed E-state index contributed by atoms with van der Waals surface area (Å²) in [6.07, 6.45) is 1.86. The molecule has 0 amide bonds. The number of aliphatic hydroxyl groups is 1. The van der Waals surface area contributed by atoms with E-state index >= 15 is 0 Å². The van der Waals surface area contributed by atoms with Crippen molar-refractivity contribution >= 4 is 17.6 Å². The number of thioether (sulfide) groups is 1. The largest absolute Gasteiger partial charge is 0.396 e. The molecule has 2 N–H and O–H groups in total. The molecule has 0 saturated heterocycles. The molecule has 0 aliphatic carbocycles. The zero-order valence-corrected chi connectivity index (χ0v) is 13.2. The number of anilines is 1. The molecule has 0 radical (unpaired) electrons. The first-order valence-electron chi connectivity index (χ1n) is 6.84. The van der Waals surface area contributed by atoms with Crippen LogP contribution in [0.15, 0.2) is 11.1 Å². The molecule has 19 heavy (non-hydrogen) atoms. The van der Waals surface area contributed by atoms with E-state index < -0.39 is 0 Å². The van der Waals surface area contributed by atoms with Crippen molar-refractivity contribution in [3.63, 3.8) is 0 Å². The molecule has 0 saturated carbocycles. The maximum absolute atomic E-state index is 8.84. The molecule has 0 aliphatic heterocycles. The molecule has 0 aromatic carbocycles. The summed E-state index contributed by atoms with van der Waals surface area (Å²) in [5, 5.41) is 13.1. The number of aromatic nitrogens is 2. The van der Waals surface area contributed by atoms with Crippen LogP contribution in [-0.4, -0.2) is 34.0 Å². The standard InChI is InChI=1S/C14H25N3OS/c1-5-7-15-11-10-12(19-9-6-8-18)17-13(16-11)14(2,3)4/h10,18H,5-9H2,1-4H3,(H,15,16,17). The second kappa shape index (κ2) is 7.70. The van der Waals surface area contributed by atoms with Crippen LogP contribution < -0.4 is 5.32 Å². The fourth-order valence-corrected chi connectivity index (χ4v) is 2.25.